The Morgan fingerprint density at radius 2 is 1.89 bits per heavy atom. The third-order valence-corrected chi connectivity index (χ3v) is 3.42. The Kier molecular flexibility index (Phi) is 3.18. The molecule has 3 rings (SSSR count). The van der Waals surface area contributed by atoms with E-state index in [0.717, 1.165) is 22.0 Å². The molecule has 0 radical (unpaired) electrons. The van der Waals surface area contributed by atoms with Crippen molar-refractivity contribution in [1.29, 1.82) is 0 Å². The monoisotopic (exact) mass is 271 g/mol. The van der Waals surface area contributed by atoms with Crippen LogP contribution in [0.2, 0.25) is 5.02 Å². The molecule has 0 aliphatic heterocycles. The van der Waals surface area contributed by atoms with Crippen LogP contribution in [0, 0.1) is 5.82 Å². The lowest BCUT2D eigenvalue weighted by atomic mass is 10.0. The molecular weight excluding hydrogens is 261 g/mol. The van der Waals surface area contributed by atoms with E-state index in [0.29, 0.717) is 6.42 Å². The topological polar surface area (TPSA) is 12.9 Å². The zero-order chi connectivity index (χ0) is 13.2. The van der Waals surface area contributed by atoms with Crippen molar-refractivity contribution in [3.63, 3.8) is 0 Å². The molecule has 1 heterocycles. The molecule has 0 bridgehead atoms. The third kappa shape index (κ3) is 2.45. The van der Waals surface area contributed by atoms with Crippen LogP contribution in [0.5, 0.6) is 0 Å². The summed E-state index contributed by atoms with van der Waals surface area (Å²) < 4.78 is 13.4. The number of pyridine rings is 1. The molecular formula is C16H11ClFN. The maximum Gasteiger partial charge on any atom is 0.142 e. The number of aromatic nitrogens is 1. The van der Waals surface area contributed by atoms with Crippen molar-refractivity contribution < 1.29 is 4.39 Å². The van der Waals surface area contributed by atoms with Gasteiger partial charge >= 0.3 is 0 Å². The first-order chi connectivity index (χ1) is 9.24. The van der Waals surface area contributed by atoms with E-state index in [1.807, 2.05) is 36.4 Å². The molecule has 0 aliphatic rings. The van der Waals surface area contributed by atoms with Crippen LogP contribution in [0.15, 0.2) is 54.7 Å². The lowest BCUT2D eigenvalue weighted by Gasteiger charge is -2.06. The summed E-state index contributed by atoms with van der Waals surface area (Å²) in [7, 11) is 0. The maximum atomic E-state index is 13.4. The Morgan fingerprint density at radius 3 is 2.74 bits per heavy atom. The summed E-state index contributed by atoms with van der Waals surface area (Å²) in [6.07, 6.45) is 2.37. The van der Waals surface area contributed by atoms with Gasteiger partial charge in [0.25, 0.3) is 0 Å². The molecule has 1 nitrogen and oxygen atoms in total. The summed E-state index contributed by atoms with van der Waals surface area (Å²) in [6, 6.07) is 14.9. The summed E-state index contributed by atoms with van der Waals surface area (Å²) in [5.41, 5.74) is 1.81. The van der Waals surface area contributed by atoms with Crippen LogP contribution in [0.3, 0.4) is 0 Å². The van der Waals surface area contributed by atoms with E-state index in [2.05, 4.69) is 4.98 Å². The number of benzene rings is 2. The molecule has 0 atom stereocenters. The molecule has 94 valence electrons. The Labute approximate surface area is 115 Å². The lowest BCUT2D eigenvalue weighted by Crippen LogP contribution is -1.94. The summed E-state index contributed by atoms with van der Waals surface area (Å²) in [5, 5.41) is 2.39. The standard InChI is InChI=1S/C16H11ClFN/c17-14-6-5-11(9-15(14)18)10-16-13-4-2-1-3-12(13)7-8-19-16/h1-9H,10H2. The fourth-order valence-corrected chi connectivity index (χ4v) is 2.28. The van der Waals surface area contributed by atoms with E-state index < -0.39 is 0 Å². The second-order valence-corrected chi connectivity index (χ2v) is 4.81. The van der Waals surface area contributed by atoms with E-state index in [-0.39, 0.29) is 10.8 Å². The minimum absolute atomic E-state index is 0.148. The number of hydrogen-bond donors (Lipinski definition) is 0. The quantitative estimate of drug-likeness (QED) is 0.663. The summed E-state index contributed by atoms with van der Waals surface area (Å²) >= 11 is 5.69. The zero-order valence-corrected chi connectivity index (χ0v) is 10.9. The molecule has 1 aromatic heterocycles. The molecule has 0 unspecified atom stereocenters. The SMILES string of the molecule is Fc1cc(Cc2nccc3ccccc23)ccc1Cl. The van der Waals surface area contributed by atoms with Gasteiger partial charge in [-0.1, -0.05) is 41.9 Å². The van der Waals surface area contributed by atoms with Crippen LogP contribution in [-0.2, 0) is 6.42 Å². The van der Waals surface area contributed by atoms with Crippen LogP contribution in [-0.4, -0.2) is 4.98 Å². The van der Waals surface area contributed by atoms with Crippen LogP contribution >= 0.6 is 11.6 Å². The van der Waals surface area contributed by atoms with Crippen molar-refractivity contribution in [2.24, 2.45) is 0 Å². The van der Waals surface area contributed by atoms with Gasteiger partial charge in [0.05, 0.1) is 10.7 Å². The Morgan fingerprint density at radius 1 is 1.05 bits per heavy atom. The molecule has 0 fully saturated rings. The fourth-order valence-electron chi connectivity index (χ4n) is 2.17. The highest BCUT2D eigenvalue weighted by molar-refractivity contribution is 6.30. The highest BCUT2D eigenvalue weighted by atomic mass is 35.5. The van der Waals surface area contributed by atoms with E-state index in [9.17, 15) is 4.39 Å². The smallest absolute Gasteiger partial charge is 0.142 e. The predicted molar refractivity (Wildman–Crippen MR) is 76.0 cm³/mol. The molecule has 0 saturated heterocycles. The van der Waals surface area contributed by atoms with Crippen LogP contribution in [0.4, 0.5) is 4.39 Å². The van der Waals surface area contributed by atoms with Crippen molar-refractivity contribution >= 4 is 22.4 Å². The van der Waals surface area contributed by atoms with Gasteiger partial charge < -0.3 is 0 Å². The van der Waals surface area contributed by atoms with Gasteiger partial charge in [0.2, 0.25) is 0 Å². The molecule has 19 heavy (non-hydrogen) atoms. The molecule has 0 saturated carbocycles. The summed E-state index contributed by atoms with van der Waals surface area (Å²) in [5.74, 6) is -0.389. The van der Waals surface area contributed by atoms with Gasteiger partial charge in [-0.05, 0) is 29.1 Å². The zero-order valence-electron chi connectivity index (χ0n) is 10.1. The molecule has 3 heteroatoms. The average molecular weight is 272 g/mol. The van der Waals surface area contributed by atoms with Gasteiger partial charge in [0.15, 0.2) is 0 Å². The van der Waals surface area contributed by atoms with Gasteiger partial charge in [0, 0.05) is 18.0 Å². The largest absolute Gasteiger partial charge is 0.260 e. The third-order valence-electron chi connectivity index (χ3n) is 3.11. The first-order valence-corrected chi connectivity index (χ1v) is 6.38. The number of halogens is 2. The molecule has 0 spiro atoms. The van der Waals surface area contributed by atoms with Crippen molar-refractivity contribution in [2.75, 3.05) is 0 Å². The Bertz CT molecular complexity index is 734. The number of rotatable bonds is 2. The molecule has 3 aromatic rings. The van der Waals surface area contributed by atoms with E-state index in [1.54, 1.807) is 12.3 Å². The normalized spacial score (nSPS) is 10.8. The number of nitrogens with zero attached hydrogens (tertiary/aromatic N) is 1. The molecule has 0 amide bonds. The Hall–Kier alpha value is -1.93. The van der Waals surface area contributed by atoms with Gasteiger partial charge in [-0.15, -0.1) is 0 Å². The Balaban J connectivity index is 2.03. The van der Waals surface area contributed by atoms with Crippen LogP contribution in [0.1, 0.15) is 11.3 Å². The second kappa shape index (κ2) is 4.98. The summed E-state index contributed by atoms with van der Waals surface area (Å²) in [6.45, 7) is 0. The lowest BCUT2D eigenvalue weighted by molar-refractivity contribution is 0.626. The second-order valence-electron chi connectivity index (χ2n) is 4.40. The minimum atomic E-state index is -0.389. The van der Waals surface area contributed by atoms with E-state index in [1.165, 1.54) is 6.07 Å². The first-order valence-electron chi connectivity index (χ1n) is 6.00. The van der Waals surface area contributed by atoms with Crippen LogP contribution in [0.25, 0.3) is 10.8 Å². The fraction of sp³-hybridized carbons (Fsp3) is 0.0625. The number of fused-ring (bicyclic) bond motifs is 1. The van der Waals surface area contributed by atoms with Gasteiger partial charge in [0.1, 0.15) is 5.82 Å². The van der Waals surface area contributed by atoms with Crippen molar-refractivity contribution in [3.8, 4) is 0 Å². The number of hydrogen-bond acceptors (Lipinski definition) is 1. The highest BCUT2D eigenvalue weighted by Gasteiger charge is 2.06. The molecule has 0 aliphatic carbocycles. The first kappa shape index (κ1) is 12.1. The van der Waals surface area contributed by atoms with E-state index in [4.69, 9.17) is 11.6 Å². The summed E-state index contributed by atoms with van der Waals surface area (Å²) in [4.78, 5) is 4.40. The molecule has 2 aromatic carbocycles. The highest BCUT2D eigenvalue weighted by Crippen LogP contribution is 2.21. The van der Waals surface area contributed by atoms with Crippen molar-refractivity contribution in [1.82, 2.24) is 4.98 Å². The van der Waals surface area contributed by atoms with Crippen molar-refractivity contribution in [3.05, 3.63) is 76.8 Å². The van der Waals surface area contributed by atoms with Crippen LogP contribution < -0.4 is 0 Å². The average Bonchev–Trinajstić information content (AvgIpc) is 2.43. The maximum absolute atomic E-state index is 13.4. The van der Waals surface area contributed by atoms with Gasteiger partial charge in [-0.25, -0.2) is 4.39 Å². The minimum Gasteiger partial charge on any atom is -0.260 e. The van der Waals surface area contributed by atoms with Crippen molar-refractivity contribution in [2.45, 2.75) is 6.42 Å². The van der Waals surface area contributed by atoms with E-state index >= 15 is 0 Å². The predicted octanol–water partition coefficient (Wildman–Crippen LogP) is 4.62. The molecule has 0 N–H and O–H groups in total. The van der Waals surface area contributed by atoms with Gasteiger partial charge in [-0.3, -0.25) is 4.98 Å². The van der Waals surface area contributed by atoms with Gasteiger partial charge in [-0.2, -0.15) is 0 Å².